The molecule has 4 aromatic heterocycles. The van der Waals surface area contributed by atoms with E-state index in [-0.39, 0.29) is 47.3 Å². The first kappa shape index (κ1) is 20.2. The van der Waals surface area contributed by atoms with Gasteiger partial charge in [-0.1, -0.05) is 0 Å². The Bertz CT molecular complexity index is 1340. The number of nitrogens with two attached hydrogens (primary N) is 1. The molecule has 31 heavy (non-hydrogen) atoms. The number of hydrogen-bond acceptors (Lipinski definition) is 11. The van der Waals surface area contributed by atoms with Crippen molar-refractivity contribution >= 4 is 34.6 Å². The van der Waals surface area contributed by atoms with Crippen LogP contribution in [0.5, 0.6) is 0 Å². The molecule has 0 aliphatic heterocycles. The van der Waals surface area contributed by atoms with Crippen molar-refractivity contribution in [1.29, 1.82) is 0 Å². The Kier molecular flexibility index (Phi) is 4.97. The van der Waals surface area contributed by atoms with E-state index in [1.54, 1.807) is 13.8 Å². The summed E-state index contributed by atoms with van der Waals surface area (Å²) in [6, 6.07) is 1.82. The normalized spacial score (nSPS) is 11.2. The van der Waals surface area contributed by atoms with Crippen molar-refractivity contribution in [3.63, 3.8) is 0 Å². The van der Waals surface area contributed by atoms with Crippen molar-refractivity contribution in [2.75, 3.05) is 12.3 Å². The zero-order chi connectivity index (χ0) is 22.3. The number of rotatable bonds is 5. The molecule has 0 atom stereocenters. The number of furan rings is 1. The van der Waals surface area contributed by atoms with Gasteiger partial charge in [-0.2, -0.15) is 9.97 Å². The molecule has 12 heteroatoms. The summed E-state index contributed by atoms with van der Waals surface area (Å²) in [7, 11) is 0. The monoisotopic (exact) mass is 425 g/mol. The molecular weight excluding hydrogens is 406 g/mol. The fraction of sp³-hybridized carbons (Fsp3) is 0.316. The number of anilines is 1. The van der Waals surface area contributed by atoms with Crippen LogP contribution in [-0.2, 0) is 16.1 Å². The van der Waals surface area contributed by atoms with Crippen molar-refractivity contribution < 1.29 is 23.5 Å². The molecular formula is C19H19N7O5. The van der Waals surface area contributed by atoms with Crippen molar-refractivity contribution in [1.82, 2.24) is 29.5 Å². The Labute approximate surface area is 175 Å². The molecule has 0 saturated heterocycles. The number of aryl methyl sites for hydroxylation is 3. The SMILES string of the molecule is CCOC(=O)c1c(C)oc2nc(COC(=O)c3nc4nc(C)cc(C)n4n3)nc(N)c12. The zero-order valence-electron chi connectivity index (χ0n) is 17.3. The Morgan fingerprint density at radius 1 is 1.10 bits per heavy atom. The predicted octanol–water partition coefficient (Wildman–Crippen LogP) is 1.70. The lowest BCUT2D eigenvalue weighted by Crippen LogP contribution is -2.11. The average Bonchev–Trinajstić information content (AvgIpc) is 3.27. The van der Waals surface area contributed by atoms with Gasteiger partial charge < -0.3 is 19.6 Å². The maximum absolute atomic E-state index is 12.4. The molecule has 0 amide bonds. The van der Waals surface area contributed by atoms with Crippen LogP contribution in [0.1, 0.15) is 50.9 Å². The molecule has 0 fully saturated rings. The lowest BCUT2D eigenvalue weighted by Gasteiger charge is -2.04. The Morgan fingerprint density at radius 3 is 2.61 bits per heavy atom. The Balaban J connectivity index is 1.57. The maximum Gasteiger partial charge on any atom is 0.378 e. The van der Waals surface area contributed by atoms with E-state index >= 15 is 0 Å². The van der Waals surface area contributed by atoms with Crippen LogP contribution in [0.2, 0.25) is 0 Å². The number of carbonyl (C=O) groups excluding carboxylic acids is 2. The molecule has 2 N–H and O–H groups in total. The minimum absolute atomic E-state index is 0.0112. The number of carbonyl (C=O) groups is 2. The van der Waals surface area contributed by atoms with E-state index in [0.29, 0.717) is 11.5 Å². The van der Waals surface area contributed by atoms with Crippen molar-refractivity contribution in [3.8, 4) is 0 Å². The number of fused-ring (bicyclic) bond motifs is 2. The fourth-order valence-electron chi connectivity index (χ4n) is 3.14. The summed E-state index contributed by atoms with van der Waals surface area (Å²) >= 11 is 0. The second-order valence-electron chi connectivity index (χ2n) is 6.72. The lowest BCUT2D eigenvalue weighted by atomic mass is 10.2. The van der Waals surface area contributed by atoms with E-state index in [0.717, 1.165) is 11.4 Å². The third-order valence-electron chi connectivity index (χ3n) is 4.41. The van der Waals surface area contributed by atoms with E-state index in [1.165, 1.54) is 4.52 Å². The summed E-state index contributed by atoms with van der Waals surface area (Å²) in [4.78, 5) is 41.2. The van der Waals surface area contributed by atoms with Crippen LogP contribution in [0.25, 0.3) is 16.9 Å². The molecule has 160 valence electrons. The lowest BCUT2D eigenvalue weighted by molar-refractivity contribution is 0.0447. The maximum atomic E-state index is 12.4. The molecule has 4 heterocycles. The number of nitrogens with zero attached hydrogens (tertiary/aromatic N) is 6. The van der Waals surface area contributed by atoms with Crippen molar-refractivity contribution in [3.05, 3.63) is 40.4 Å². The van der Waals surface area contributed by atoms with Gasteiger partial charge in [-0.25, -0.2) is 24.1 Å². The van der Waals surface area contributed by atoms with Gasteiger partial charge in [-0.05, 0) is 33.8 Å². The average molecular weight is 425 g/mol. The molecule has 0 saturated carbocycles. The van der Waals surface area contributed by atoms with Gasteiger partial charge in [0.2, 0.25) is 5.71 Å². The van der Waals surface area contributed by atoms with Gasteiger partial charge in [-0.3, -0.25) is 0 Å². The summed E-state index contributed by atoms with van der Waals surface area (Å²) < 4.78 is 17.2. The first-order chi connectivity index (χ1) is 14.8. The van der Waals surface area contributed by atoms with E-state index in [4.69, 9.17) is 19.6 Å². The molecule has 0 aliphatic rings. The molecule has 12 nitrogen and oxygen atoms in total. The summed E-state index contributed by atoms with van der Waals surface area (Å²) in [5.41, 5.74) is 7.81. The molecule has 0 bridgehead atoms. The first-order valence-electron chi connectivity index (χ1n) is 9.39. The third-order valence-corrected chi connectivity index (χ3v) is 4.41. The highest BCUT2D eigenvalue weighted by Gasteiger charge is 2.24. The fourth-order valence-corrected chi connectivity index (χ4v) is 3.14. The summed E-state index contributed by atoms with van der Waals surface area (Å²) in [6.07, 6.45) is 0. The topological polar surface area (TPSA) is 161 Å². The minimum Gasteiger partial charge on any atom is -0.462 e. The van der Waals surface area contributed by atoms with Gasteiger partial charge in [0.25, 0.3) is 11.6 Å². The van der Waals surface area contributed by atoms with Gasteiger partial charge in [0.05, 0.1) is 12.0 Å². The number of nitrogen functional groups attached to an aromatic ring is 1. The second-order valence-corrected chi connectivity index (χ2v) is 6.72. The van der Waals surface area contributed by atoms with Crippen LogP contribution >= 0.6 is 0 Å². The molecule has 0 aliphatic carbocycles. The minimum atomic E-state index is -0.771. The zero-order valence-corrected chi connectivity index (χ0v) is 17.3. The van der Waals surface area contributed by atoms with Crippen molar-refractivity contribution in [2.24, 2.45) is 0 Å². The quantitative estimate of drug-likeness (QED) is 0.463. The van der Waals surface area contributed by atoms with Gasteiger partial charge in [0, 0.05) is 11.4 Å². The molecule has 0 radical (unpaired) electrons. The van der Waals surface area contributed by atoms with Crippen LogP contribution < -0.4 is 5.73 Å². The van der Waals surface area contributed by atoms with E-state index in [2.05, 4.69) is 25.0 Å². The summed E-state index contributed by atoms with van der Waals surface area (Å²) in [5, 5.41) is 4.37. The highest BCUT2D eigenvalue weighted by molar-refractivity contribution is 6.07. The van der Waals surface area contributed by atoms with E-state index in [1.807, 2.05) is 19.9 Å². The Morgan fingerprint density at radius 2 is 1.87 bits per heavy atom. The highest BCUT2D eigenvalue weighted by Crippen LogP contribution is 2.29. The van der Waals surface area contributed by atoms with Crippen LogP contribution in [-0.4, -0.2) is 48.1 Å². The summed E-state index contributed by atoms with van der Waals surface area (Å²) in [5.74, 6) is -0.792. The van der Waals surface area contributed by atoms with Crippen LogP contribution in [0, 0.1) is 20.8 Å². The van der Waals surface area contributed by atoms with E-state index < -0.39 is 11.9 Å². The van der Waals surface area contributed by atoms with Gasteiger partial charge in [-0.15, -0.1) is 5.10 Å². The molecule has 4 rings (SSSR count). The molecule has 0 spiro atoms. The van der Waals surface area contributed by atoms with Gasteiger partial charge in [0.15, 0.2) is 12.4 Å². The smallest absolute Gasteiger partial charge is 0.378 e. The van der Waals surface area contributed by atoms with E-state index in [9.17, 15) is 9.59 Å². The van der Waals surface area contributed by atoms with Crippen molar-refractivity contribution in [2.45, 2.75) is 34.3 Å². The first-order valence-corrected chi connectivity index (χ1v) is 9.39. The number of aromatic nitrogens is 6. The number of hydrogen-bond donors (Lipinski definition) is 1. The Hall–Kier alpha value is -4.09. The van der Waals surface area contributed by atoms with Crippen LogP contribution in [0.3, 0.4) is 0 Å². The van der Waals surface area contributed by atoms with Gasteiger partial charge in [0.1, 0.15) is 17.1 Å². The second kappa shape index (κ2) is 7.63. The molecule has 0 unspecified atom stereocenters. The highest BCUT2D eigenvalue weighted by atomic mass is 16.5. The summed E-state index contributed by atoms with van der Waals surface area (Å²) in [6.45, 7) is 6.84. The molecule has 4 aromatic rings. The van der Waals surface area contributed by atoms with Gasteiger partial charge >= 0.3 is 11.9 Å². The third kappa shape index (κ3) is 3.63. The molecule has 0 aromatic carbocycles. The largest absolute Gasteiger partial charge is 0.462 e. The number of ether oxygens (including phenoxy) is 2. The standard InChI is InChI=1S/C19H19N7O5/c1-5-29-17(27)12-10(4)31-16-13(12)14(20)22-11(23-16)7-30-18(28)15-24-19-21-8(2)6-9(3)26(19)25-15/h6H,5,7H2,1-4H3,(H2,20,22,23). The van der Waals surface area contributed by atoms with Crippen LogP contribution in [0.4, 0.5) is 5.82 Å². The number of esters is 2. The van der Waals surface area contributed by atoms with Crippen LogP contribution in [0.15, 0.2) is 10.5 Å². The predicted molar refractivity (Wildman–Crippen MR) is 106 cm³/mol.